The van der Waals surface area contributed by atoms with E-state index in [2.05, 4.69) is 9.74 Å². The van der Waals surface area contributed by atoms with Crippen LogP contribution in [0.4, 0.5) is 11.4 Å². The van der Waals surface area contributed by atoms with Gasteiger partial charge < -0.3 is 23.7 Å². The third-order valence-corrected chi connectivity index (χ3v) is 5.80. The lowest BCUT2D eigenvalue weighted by molar-refractivity contribution is 0.0600. The Morgan fingerprint density at radius 3 is 2.14 bits per heavy atom. The van der Waals surface area contributed by atoms with Gasteiger partial charge in [-0.3, -0.25) is 0 Å². The predicted octanol–water partition coefficient (Wildman–Crippen LogP) is 5.87. The summed E-state index contributed by atoms with van der Waals surface area (Å²) in [5.74, 6) is 1.76. The van der Waals surface area contributed by atoms with Crippen LogP contribution in [0, 0.1) is 6.57 Å². The van der Waals surface area contributed by atoms with Crippen molar-refractivity contribution in [3.8, 4) is 22.9 Å². The standard InChI is InChI=1S/C28H23N3O4/c1-29-20-8-10-21(11-9-20)34-22-12-14-23(15-13-22)35-24-18-31(19-24)26-7-5-6-25(28(32)33-2)27(26)30-16-3-4-17-30/h3-17,24H,18-19H2,2H3. The summed E-state index contributed by atoms with van der Waals surface area (Å²) < 4.78 is 18.9. The summed E-state index contributed by atoms with van der Waals surface area (Å²) in [4.78, 5) is 18.0. The van der Waals surface area contributed by atoms with E-state index in [9.17, 15) is 4.79 Å². The minimum absolute atomic E-state index is 0.0298. The van der Waals surface area contributed by atoms with Crippen LogP contribution in [0.5, 0.6) is 17.2 Å². The molecule has 0 atom stereocenters. The van der Waals surface area contributed by atoms with Crippen molar-refractivity contribution in [3.63, 3.8) is 0 Å². The van der Waals surface area contributed by atoms with Gasteiger partial charge in [0.05, 0.1) is 43.7 Å². The van der Waals surface area contributed by atoms with Crippen molar-refractivity contribution in [2.24, 2.45) is 0 Å². The van der Waals surface area contributed by atoms with Gasteiger partial charge >= 0.3 is 5.97 Å². The largest absolute Gasteiger partial charge is 0.487 e. The van der Waals surface area contributed by atoms with E-state index in [0.717, 1.165) is 17.1 Å². The average Bonchev–Trinajstić information content (AvgIpc) is 3.41. The first-order valence-electron chi connectivity index (χ1n) is 11.2. The molecule has 35 heavy (non-hydrogen) atoms. The molecule has 7 nitrogen and oxygen atoms in total. The van der Waals surface area contributed by atoms with E-state index in [0.29, 0.717) is 35.8 Å². The molecule has 3 aromatic carbocycles. The molecule has 1 aromatic heterocycles. The molecule has 0 amide bonds. The topological polar surface area (TPSA) is 57.3 Å². The van der Waals surface area contributed by atoms with Crippen molar-refractivity contribution in [2.75, 3.05) is 25.1 Å². The molecule has 0 saturated carbocycles. The number of carbonyl (C=O) groups excluding carboxylic acids is 1. The Morgan fingerprint density at radius 1 is 0.886 bits per heavy atom. The first-order chi connectivity index (χ1) is 17.1. The van der Waals surface area contributed by atoms with E-state index in [4.69, 9.17) is 20.8 Å². The summed E-state index contributed by atoms with van der Waals surface area (Å²) in [7, 11) is 1.39. The molecule has 0 radical (unpaired) electrons. The van der Waals surface area contributed by atoms with Crippen LogP contribution in [0.15, 0.2) is 91.3 Å². The summed E-state index contributed by atoms with van der Waals surface area (Å²) in [5.41, 5.74) is 2.85. The van der Waals surface area contributed by atoms with E-state index in [-0.39, 0.29) is 12.1 Å². The highest BCUT2D eigenvalue weighted by atomic mass is 16.5. The molecule has 174 valence electrons. The normalized spacial score (nSPS) is 13.0. The van der Waals surface area contributed by atoms with Gasteiger partial charge in [0.2, 0.25) is 0 Å². The lowest BCUT2D eigenvalue weighted by atomic mass is 10.1. The van der Waals surface area contributed by atoms with Gasteiger partial charge in [-0.05, 0) is 60.7 Å². The molecule has 0 unspecified atom stereocenters. The van der Waals surface area contributed by atoms with Gasteiger partial charge in [-0.15, -0.1) is 0 Å². The van der Waals surface area contributed by atoms with Crippen LogP contribution in [0.25, 0.3) is 10.5 Å². The maximum absolute atomic E-state index is 12.4. The smallest absolute Gasteiger partial charge is 0.340 e. The Hall–Kier alpha value is -4.70. The van der Waals surface area contributed by atoms with E-state index in [1.54, 1.807) is 30.3 Å². The Kier molecular flexibility index (Phi) is 6.10. The molecule has 5 rings (SSSR count). The summed E-state index contributed by atoms with van der Waals surface area (Å²) in [5, 5.41) is 0. The Balaban J connectivity index is 1.24. The van der Waals surface area contributed by atoms with Crippen molar-refractivity contribution in [1.82, 2.24) is 4.57 Å². The first-order valence-corrected chi connectivity index (χ1v) is 11.2. The number of methoxy groups -OCH3 is 1. The van der Waals surface area contributed by atoms with Crippen LogP contribution in [-0.2, 0) is 4.74 Å². The van der Waals surface area contributed by atoms with Crippen molar-refractivity contribution in [2.45, 2.75) is 6.10 Å². The van der Waals surface area contributed by atoms with Crippen molar-refractivity contribution in [1.29, 1.82) is 0 Å². The van der Waals surface area contributed by atoms with Crippen molar-refractivity contribution < 1.29 is 19.0 Å². The molecule has 0 N–H and O–H groups in total. The third kappa shape index (κ3) is 4.68. The highest BCUT2D eigenvalue weighted by Gasteiger charge is 2.32. The molecule has 0 spiro atoms. The Labute approximate surface area is 203 Å². The van der Waals surface area contributed by atoms with Crippen molar-refractivity contribution in [3.05, 3.63) is 108 Å². The molecule has 1 aliphatic heterocycles. The van der Waals surface area contributed by atoms with Crippen LogP contribution < -0.4 is 14.4 Å². The molecule has 1 saturated heterocycles. The fraction of sp³-hybridized carbons (Fsp3) is 0.143. The van der Waals surface area contributed by atoms with Crippen molar-refractivity contribution >= 4 is 17.3 Å². The monoisotopic (exact) mass is 465 g/mol. The molecule has 7 heteroatoms. The Morgan fingerprint density at radius 2 is 1.51 bits per heavy atom. The second kappa shape index (κ2) is 9.65. The summed E-state index contributed by atoms with van der Waals surface area (Å²) in [6, 6.07) is 24.0. The zero-order valence-electron chi connectivity index (χ0n) is 19.1. The second-order valence-electron chi connectivity index (χ2n) is 8.08. The molecule has 1 fully saturated rings. The summed E-state index contributed by atoms with van der Waals surface area (Å²) >= 11 is 0. The molecule has 1 aliphatic rings. The highest BCUT2D eigenvalue weighted by molar-refractivity contribution is 5.96. The van der Waals surface area contributed by atoms with E-state index < -0.39 is 0 Å². The maximum Gasteiger partial charge on any atom is 0.340 e. The van der Waals surface area contributed by atoms with Gasteiger partial charge in [0.25, 0.3) is 0 Å². The van der Waals surface area contributed by atoms with E-state index in [1.165, 1.54) is 7.11 Å². The average molecular weight is 466 g/mol. The quantitative estimate of drug-likeness (QED) is 0.252. The summed E-state index contributed by atoms with van der Waals surface area (Å²) in [6.45, 7) is 8.42. The van der Waals surface area contributed by atoms with Gasteiger partial charge in [-0.25, -0.2) is 9.64 Å². The fourth-order valence-corrected chi connectivity index (χ4v) is 4.03. The molecule has 4 aromatic rings. The van der Waals surface area contributed by atoms with Crippen LogP contribution in [0.3, 0.4) is 0 Å². The number of hydrogen-bond donors (Lipinski definition) is 0. The van der Waals surface area contributed by atoms with Gasteiger partial charge in [0.1, 0.15) is 23.4 Å². The number of rotatable bonds is 7. The predicted molar refractivity (Wildman–Crippen MR) is 133 cm³/mol. The number of nitrogens with zero attached hydrogens (tertiary/aromatic N) is 3. The van der Waals surface area contributed by atoms with Crippen LogP contribution in [0.1, 0.15) is 10.4 Å². The number of aromatic nitrogens is 1. The zero-order valence-corrected chi connectivity index (χ0v) is 19.1. The van der Waals surface area contributed by atoms with Crippen LogP contribution in [-0.4, -0.2) is 36.8 Å². The van der Waals surface area contributed by atoms with Crippen LogP contribution in [0.2, 0.25) is 0 Å². The number of esters is 1. The molecular formula is C28H23N3O4. The maximum atomic E-state index is 12.4. The van der Waals surface area contributed by atoms with Gasteiger partial charge in [-0.2, -0.15) is 0 Å². The second-order valence-corrected chi connectivity index (χ2v) is 8.08. The number of carbonyl (C=O) groups is 1. The third-order valence-electron chi connectivity index (χ3n) is 5.80. The zero-order chi connectivity index (χ0) is 24.2. The highest BCUT2D eigenvalue weighted by Crippen LogP contribution is 2.33. The SMILES string of the molecule is [C-]#[N+]c1ccc(Oc2ccc(OC3CN(c4cccc(C(=O)OC)c4-n4cccc4)C3)cc2)cc1. The number of anilines is 1. The number of para-hydroxylation sites is 1. The molecule has 0 bridgehead atoms. The summed E-state index contributed by atoms with van der Waals surface area (Å²) in [6.07, 6.45) is 3.87. The number of hydrogen-bond acceptors (Lipinski definition) is 5. The number of ether oxygens (including phenoxy) is 3. The van der Waals surface area contributed by atoms with E-state index in [1.807, 2.05) is 65.5 Å². The first kappa shape index (κ1) is 22.1. The van der Waals surface area contributed by atoms with Gasteiger partial charge in [0, 0.05) is 12.4 Å². The minimum Gasteiger partial charge on any atom is -0.487 e. The van der Waals surface area contributed by atoms with Gasteiger partial charge in [0.15, 0.2) is 5.69 Å². The number of benzene rings is 3. The van der Waals surface area contributed by atoms with E-state index >= 15 is 0 Å². The minimum atomic E-state index is -0.367. The molecule has 2 heterocycles. The van der Waals surface area contributed by atoms with Crippen LogP contribution >= 0.6 is 0 Å². The molecular weight excluding hydrogens is 442 g/mol. The Bertz CT molecular complexity index is 1350. The van der Waals surface area contributed by atoms with Gasteiger partial charge in [-0.1, -0.05) is 18.2 Å². The molecule has 0 aliphatic carbocycles. The lowest BCUT2D eigenvalue weighted by Crippen LogP contribution is -2.54. The fourth-order valence-electron chi connectivity index (χ4n) is 4.03. The lowest BCUT2D eigenvalue weighted by Gasteiger charge is -2.41.